The van der Waals surface area contributed by atoms with Gasteiger partial charge in [-0.05, 0) is 37.5 Å². The number of fused-ring (bicyclic) bond motifs is 2. The molecule has 32 heavy (non-hydrogen) atoms. The highest BCUT2D eigenvalue weighted by Gasteiger charge is 2.38. The van der Waals surface area contributed by atoms with Crippen molar-refractivity contribution in [1.82, 2.24) is 29.6 Å². The van der Waals surface area contributed by atoms with Crippen LogP contribution in [-0.2, 0) is 6.54 Å². The topological polar surface area (TPSA) is 102 Å². The van der Waals surface area contributed by atoms with Crippen molar-refractivity contribution in [3.8, 4) is 17.0 Å². The number of aliphatic hydroxyl groups is 1. The van der Waals surface area contributed by atoms with Crippen LogP contribution in [0.2, 0.25) is 0 Å². The van der Waals surface area contributed by atoms with Crippen molar-refractivity contribution >= 4 is 22.5 Å². The molecule has 0 bridgehead atoms. The second kappa shape index (κ2) is 7.33. The van der Waals surface area contributed by atoms with Gasteiger partial charge in [-0.15, -0.1) is 10.2 Å². The van der Waals surface area contributed by atoms with Gasteiger partial charge in [0.1, 0.15) is 17.6 Å². The minimum Gasteiger partial charge on any atom is -0.479 e. The zero-order valence-corrected chi connectivity index (χ0v) is 17.3. The third-order valence-electron chi connectivity index (χ3n) is 5.57. The molecule has 2 N–H and O–H groups in total. The average molecular weight is 447 g/mol. The summed E-state index contributed by atoms with van der Waals surface area (Å²) in [6.07, 6.45) is -0.310. The van der Waals surface area contributed by atoms with Gasteiger partial charge < -0.3 is 15.2 Å². The van der Waals surface area contributed by atoms with Crippen LogP contribution in [-0.4, -0.2) is 59.9 Å². The van der Waals surface area contributed by atoms with Crippen molar-refractivity contribution in [3.63, 3.8) is 0 Å². The monoisotopic (exact) mass is 447 g/mol. The van der Waals surface area contributed by atoms with Gasteiger partial charge in [0.2, 0.25) is 11.8 Å². The molecule has 3 heterocycles. The van der Waals surface area contributed by atoms with E-state index in [4.69, 9.17) is 4.74 Å². The maximum Gasteiger partial charge on any atom is 0.258 e. The van der Waals surface area contributed by atoms with Crippen LogP contribution < -0.4 is 10.1 Å². The summed E-state index contributed by atoms with van der Waals surface area (Å²) < 4.78 is 48.6. The predicted molar refractivity (Wildman–Crippen MR) is 109 cm³/mol. The molecule has 168 valence electrons. The Balaban J connectivity index is 1.58. The lowest BCUT2D eigenvalue weighted by molar-refractivity contribution is -0.0236. The van der Waals surface area contributed by atoms with Gasteiger partial charge in [-0.2, -0.15) is 4.98 Å². The Hall–Kier alpha value is -3.41. The lowest BCUT2D eigenvalue weighted by Crippen LogP contribution is -2.48. The lowest BCUT2D eigenvalue weighted by Gasteiger charge is -2.41. The van der Waals surface area contributed by atoms with Crippen molar-refractivity contribution in [3.05, 3.63) is 30.2 Å². The maximum atomic E-state index is 15.1. The number of methoxy groups -OCH3 is 1. The molecule has 1 aromatic carbocycles. The van der Waals surface area contributed by atoms with Gasteiger partial charge in [0.25, 0.3) is 6.43 Å². The Kier molecular flexibility index (Phi) is 4.69. The molecular weight excluding hydrogens is 427 g/mol. The molecule has 0 radical (unpaired) electrons. The minimum absolute atomic E-state index is 0.00272. The molecule has 0 spiro atoms. The fraction of sp³-hybridized carbons (Fsp3) is 0.400. The summed E-state index contributed by atoms with van der Waals surface area (Å²) in [6, 6.07) is 4.77. The summed E-state index contributed by atoms with van der Waals surface area (Å²) in [4.78, 5) is 4.36. The van der Waals surface area contributed by atoms with Crippen molar-refractivity contribution in [2.75, 3.05) is 12.4 Å². The van der Waals surface area contributed by atoms with Crippen LogP contribution in [0.15, 0.2) is 24.4 Å². The standard InChI is InChI=1S/C20H20F3N7O2/c1-20(31)6-11(7-20)24-19-25-18(32-2)17-16(12(21)8-30(17)27-19)10-3-4-13-14(5-10)29(28-26-13)9-15(22)23/h3-5,8,11,15,31H,6-7,9H2,1-2H3,(H,24,27). The molecule has 1 fully saturated rings. The van der Waals surface area contributed by atoms with Gasteiger partial charge in [0.05, 0.1) is 30.0 Å². The van der Waals surface area contributed by atoms with Crippen LogP contribution >= 0.6 is 0 Å². The molecule has 1 aliphatic carbocycles. The van der Waals surface area contributed by atoms with Gasteiger partial charge in [-0.3, -0.25) is 0 Å². The van der Waals surface area contributed by atoms with Gasteiger partial charge in [0, 0.05) is 6.04 Å². The number of rotatable bonds is 6. The van der Waals surface area contributed by atoms with E-state index in [-0.39, 0.29) is 23.4 Å². The molecule has 5 rings (SSSR count). The number of alkyl halides is 2. The number of aromatic nitrogens is 6. The molecule has 1 saturated carbocycles. The molecule has 1 aliphatic rings. The minimum atomic E-state index is -2.60. The molecule has 0 amide bonds. The first-order valence-corrected chi connectivity index (χ1v) is 9.97. The predicted octanol–water partition coefficient (Wildman–Crippen LogP) is 2.88. The zero-order valence-electron chi connectivity index (χ0n) is 17.3. The second-order valence-electron chi connectivity index (χ2n) is 8.20. The van der Waals surface area contributed by atoms with Crippen molar-refractivity contribution in [2.45, 2.75) is 44.4 Å². The number of nitrogens with zero attached hydrogens (tertiary/aromatic N) is 6. The largest absolute Gasteiger partial charge is 0.479 e. The highest BCUT2D eigenvalue weighted by molar-refractivity contribution is 5.89. The van der Waals surface area contributed by atoms with E-state index in [0.717, 1.165) is 4.68 Å². The summed E-state index contributed by atoms with van der Waals surface area (Å²) in [6.45, 7) is 1.14. The molecule has 0 saturated heterocycles. The molecule has 4 aromatic rings. The van der Waals surface area contributed by atoms with Gasteiger partial charge >= 0.3 is 0 Å². The third kappa shape index (κ3) is 3.49. The second-order valence-corrected chi connectivity index (χ2v) is 8.20. The molecular formula is C20H20F3N7O2. The fourth-order valence-electron chi connectivity index (χ4n) is 4.17. The maximum absolute atomic E-state index is 15.1. The van der Waals surface area contributed by atoms with Crippen LogP contribution in [0.4, 0.5) is 19.1 Å². The lowest BCUT2D eigenvalue weighted by atomic mass is 9.77. The summed E-state index contributed by atoms with van der Waals surface area (Å²) in [5, 5.41) is 25.0. The summed E-state index contributed by atoms with van der Waals surface area (Å²) in [7, 11) is 1.42. The normalized spacial score (nSPS) is 20.8. The fourth-order valence-corrected chi connectivity index (χ4v) is 4.17. The van der Waals surface area contributed by atoms with E-state index in [2.05, 4.69) is 25.7 Å². The van der Waals surface area contributed by atoms with E-state index >= 15 is 4.39 Å². The van der Waals surface area contributed by atoms with Crippen LogP contribution in [0, 0.1) is 5.82 Å². The van der Waals surface area contributed by atoms with Crippen LogP contribution in [0.5, 0.6) is 5.88 Å². The number of hydrogen-bond donors (Lipinski definition) is 2. The first kappa shape index (κ1) is 20.5. The molecule has 0 atom stereocenters. The summed E-state index contributed by atoms with van der Waals surface area (Å²) in [5.74, 6) is -0.189. The highest BCUT2D eigenvalue weighted by Crippen LogP contribution is 2.37. The number of nitrogens with one attached hydrogen (secondary N) is 1. The number of benzene rings is 1. The van der Waals surface area contributed by atoms with Gasteiger partial charge in [-0.1, -0.05) is 11.3 Å². The summed E-state index contributed by atoms with van der Waals surface area (Å²) >= 11 is 0. The third-order valence-corrected chi connectivity index (χ3v) is 5.57. The molecule has 0 aliphatic heterocycles. The van der Waals surface area contributed by atoms with Gasteiger partial charge in [-0.25, -0.2) is 22.4 Å². The van der Waals surface area contributed by atoms with E-state index in [9.17, 15) is 13.9 Å². The molecule has 12 heteroatoms. The van der Waals surface area contributed by atoms with Crippen LogP contribution in [0.25, 0.3) is 27.7 Å². The Morgan fingerprint density at radius 3 is 2.81 bits per heavy atom. The number of hydrogen-bond acceptors (Lipinski definition) is 7. The Labute approximate surface area is 179 Å². The number of halogens is 3. The van der Waals surface area contributed by atoms with Gasteiger partial charge in [0.15, 0.2) is 5.82 Å². The summed E-state index contributed by atoms with van der Waals surface area (Å²) in [5.41, 5.74) is 0.951. The molecule has 3 aromatic heterocycles. The Morgan fingerprint density at radius 2 is 2.12 bits per heavy atom. The number of ether oxygens (including phenoxy) is 1. The van der Waals surface area contributed by atoms with Crippen molar-refractivity contribution in [2.24, 2.45) is 0 Å². The van der Waals surface area contributed by atoms with Crippen LogP contribution in [0.1, 0.15) is 19.8 Å². The Bertz CT molecular complexity index is 1310. The number of anilines is 1. The van der Waals surface area contributed by atoms with Crippen molar-refractivity contribution < 1.29 is 23.0 Å². The quantitative estimate of drug-likeness (QED) is 0.469. The molecule has 0 unspecified atom stereocenters. The van der Waals surface area contributed by atoms with E-state index < -0.39 is 24.4 Å². The zero-order chi connectivity index (χ0) is 22.6. The highest BCUT2D eigenvalue weighted by atomic mass is 19.3. The van der Waals surface area contributed by atoms with Crippen molar-refractivity contribution in [1.29, 1.82) is 0 Å². The van der Waals surface area contributed by atoms with Crippen LogP contribution in [0.3, 0.4) is 0 Å². The molecule has 9 nitrogen and oxygen atoms in total. The Morgan fingerprint density at radius 1 is 1.34 bits per heavy atom. The van der Waals surface area contributed by atoms with E-state index in [0.29, 0.717) is 35.0 Å². The van der Waals surface area contributed by atoms with E-state index in [1.54, 1.807) is 25.1 Å². The smallest absolute Gasteiger partial charge is 0.258 e. The van der Waals surface area contributed by atoms with E-state index in [1.807, 2.05) is 0 Å². The SMILES string of the molecule is COc1nc(NC2CC(C)(O)C2)nn2cc(F)c(-c3ccc4nnn(CC(F)F)c4c3)c12. The first-order chi connectivity index (χ1) is 15.2. The van der Waals surface area contributed by atoms with E-state index in [1.165, 1.54) is 17.8 Å². The average Bonchev–Trinajstić information content (AvgIpc) is 3.25. The first-order valence-electron chi connectivity index (χ1n) is 9.97.